The first-order valence-corrected chi connectivity index (χ1v) is 29.0. The molecule has 1 aliphatic carbocycles. The number of quaternary nitrogens is 1. The van der Waals surface area contributed by atoms with E-state index >= 15 is 4.79 Å². The first-order valence-electron chi connectivity index (χ1n) is 28.2. The van der Waals surface area contributed by atoms with Gasteiger partial charge in [0.2, 0.25) is 5.75 Å². The maximum absolute atomic E-state index is 15.0. The number of aromatic nitrogens is 2. The number of H-pyrrole nitrogens is 2. The van der Waals surface area contributed by atoms with E-state index in [4.69, 9.17) is 53.1 Å². The molecule has 0 bridgehead atoms. The molecular weight excluding hydrogens is 1120 g/mol. The van der Waals surface area contributed by atoms with Crippen LogP contribution in [0.15, 0.2) is 190 Å². The van der Waals surface area contributed by atoms with Crippen LogP contribution in [0, 0.1) is 0 Å². The molecule has 14 rings (SSSR count). The molecule has 0 spiro atoms. The van der Waals surface area contributed by atoms with E-state index in [9.17, 15) is 9.59 Å². The average Bonchev–Trinajstić information content (AvgIpc) is 1.39. The summed E-state index contributed by atoms with van der Waals surface area (Å²) in [6, 6.07) is 54.0. The average molecular weight is 1170 g/mol. The molecule has 0 saturated carbocycles. The number of halogens is 2. The van der Waals surface area contributed by atoms with Gasteiger partial charge in [0.1, 0.15) is 17.1 Å². The number of fused-ring (bicyclic) bond motifs is 12. The lowest BCUT2D eigenvalue weighted by Crippen LogP contribution is -2.39. The highest BCUT2D eigenvalue weighted by Crippen LogP contribution is 2.53. The zero-order valence-electron chi connectivity index (χ0n) is 47.6. The number of hydrogen-bond acceptors (Lipinski definition) is 9. The molecule has 13 nitrogen and oxygen atoms in total. The number of anilines is 1. The quantitative estimate of drug-likeness (QED) is 0.0668. The zero-order valence-corrected chi connectivity index (χ0v) is 49.1. The molecule has 2 aromatic heterocycles. The van der Waals surface area contributed by atoms with E-state index in [2.05, 4.69) is 23.8 Å². The largest absolute Gasteiger partial charge is 0.494 e. The molecule has 15 heteroatoms. The fourth-order valence-corrected chi connectivity index (χ4v) is 13.2. The highest BCUT2D eigenvalue weighted by molar-refractivity contribution is 6.33. The Bertz CT molecular complexity index is 5160. The third-order valence-corrected chi connectivity index (χ3v) is 17.6. The maximum Gasteiger partial charge on any atom is 0.311 e. The smallest absolute Gasteiger partial charge is 0.311 e. The van der Waals surface area contributed by atoms with Crippen molar-refractivity contribution in [3.63, 3.8) is 0 Å². The number of carbonyl (C=O) groups excluding carboxylic acids is 3. The van der Waals surface area contributed by atoms with Gasteiger partial charge in [-0.15, -0.1) is 15.3 Å². The van der Waals surface area contributed by atoms with Crippen LogP contribution in [0.2, 0.25) is 10.0 Å². The molecule has 2 N–H and O–H groups in total. The van der Waals surface area contributed by atoms with Crippen molar-refractivity contribution >= 4 is 157 Å². The lowest BCUT2D eigenvalue weighted by molar-refractivity contribution is -0.114. The summed E-state index contributed by atoms with van der Waals surface area (Å²) in [6.07, 6.45) is 2.35. The van der Waals surface area contributed by atoms with Gasteiger partial charge < -0.3 is 24.3 Å². The number of nitrogens with one attached hydrogen (secondary N) is 2. The van der Waals surface area contributed by atoms with Crippen LogP contribution in [0.5, 0.6) is 11.5 Å². The number of methoxy groups -OCH3 is 2. The van der Waals surface area contributed by atoms with Crippen molar-refractivity contribution in [3.8, 4) is 22.6 Å². The molecule has 1 atom stereocenters. The minimum Gasteiger partial charge on any atom is -0.494 e. The van der Waals surface area contributed by atoms with Crippen molar-refractivity contribution in [2.45, 2.75) is 26.7 Å². The number of nitrogens with zero attached hydrogens (tertiary/aromatic N) is 6. The Balaban J connectivity index is 0.895. The summed E-state index contributed by atoms with van der Waals surface area (Å²) >= 11 is 13.1. The predicted molar refractivity (Wildman–Crippen MR) is 349 cm³/mol. The number of carbonyl (C=O) groups is 3. The second-order valence-corrected chi connectivity index (χ2v) is 22.6. The summed E-state index contributed by atoms with van der Waals surface area (Å²) in [5.41, 5.74) is 12.0. The highest BCUT2D eigenvalue weighted by Gasteiger charge is 2.37. The van der Waals surface area contributed by atoms with Crippen LogP contribution in [0.3, 0.4) is 0 Å². The Labute approximate surface area is 503 Å². The number of benzene rings is 11. The molecule has 86 heavy (non-hydrogen) atoms. The minimum atomic E-state index is -0.279. The summed E-state index contributed by atoms with van der Waals surface area (Å²) in [6.45, 7) is 4.13. The van der Waals surface area contributed by atoms with Gasteiger partial charge in [0.25, 0.3) is 5.91 Å². The number of hydrogen-bond donors (Lipinski definition) is 2. The van der Waals surface area contributed by atoms with Gasteiger partial charge in [-0.1, -0.05) is 128 Å². The summed E-state index contributed by atoms with van der Waals surface area (Å²) in [5.74, 6) is 0.136. The SMILES string of the molecule is CCc1ccccc1N(C)C(=O)c1cc2ccc3c4cc(Cl)ccc4[nH]c3c2c(N=Nc2ccc3c4c(cccc24)C(=O)c2cc(N=Nc4c(OC)c([N+](C)(C=O)c5ccccc5CC)cc5ccc6c7cc(Cl)ccc7[nH]c6c45)ccc2-3)c1OC. The number of para-hydroxylation sites is 2. The summed E-state index contributed by atoms with van der Waals surface area (Å²) in [4.78, 5) is 52.3. The fraction of sp³-hybridized carbons (Fsp3) is 0.113. The molecule has 11 aromatic carbocycles. The number of rotatable bonds is 13. The van der Waals surface area contributed by atoms with Gasteiger partial charge in [0.05, 0.1) is 49.2 Å². The van der Waals surface area contributed by atoms with Crippen LogP contribution in [-0.4, -0.2) is 56.4 Å². The molecular formula is C71H53Cl2N8O5+. The minimum absolute atomic E-state index is 0.199. The number of amides is 2. The van der Waals surface area contributed by atoms with Crippen molar-refractivity contribution in [1.82, 2.24) is 14.5 Å². The van der Waals surface area contributed by atoms with Gasteiger partial charge in [0, 0.05) is 106 Å². The Morgan fingerprint density at radius 1 is 0.558 bits per heavy atom. The zero-order chi connectivity index (χ0) is 59.3. The second-order valence-electron chi connectivity index (χ2n) is 21.7. The summed E-state index contributed by atoms with van der Waals surface area (Å²) < 4.78 is 12.3. The Hall–Kier alpha value is -10.1. The van der Waals surface area contributed by atoms with Gasteiger partial charge in [-0.2, -0.15) is 9.60 Å². The molecule has 2 amide bonds. The monoisotopic (exact) mass is 1170 g/mol. The van der Waals surface area contributed by atoms with E-state index in [-0.39, 0.29) is 21.9 Å². The van der Waals surface area contributed by atoms with Crippen LogP contribution < -0.4 is 18.9 Å². The lowest BCUT2D eigenvalue weighted by atomic mass is 9.82. The first-order chi connectivity index (χ1) is 41.8. The van der Waals surface area contributed by atoms with Gasteiger partial charge in [-0.25, -0.2) is 4.79 Å². The molecule has 13 aromatic rings. The lowest BCUT2D eigenvalue weighted by Gasteiger charge is -2.30. The van der Waals surface area contributed by atoms with Crippen molar-refractivity contribution in [1.29, 1.82) is 0 Å². The van der Waals surface area contributed by atoms with E-state index in [1.165, 1.54) is 7.11 Å². The van der Waals surface area contributed by atoms with E-state index in [1.54, 1.807) is 25.1 Å². The highest BCUT2D eigenvalue weighted by atomic mass is 35.5. The summed E-state index contributed by atoms with van der Waals surface area (Å²) in [7, 11) is 6.73. The Kier molecular flexibility index (Phi) is 13.1. The fourth-order valence-electron chi connectivity index (χ4n) is 12.9. The van der Waals surface area contributed by atoms with E-state index in [0.29, 0.717) is 83.7 Å². The molecule has 2 heterocycles. The van der Waals surface area contributed by atoms with Crippen molar-refractivity contribution in [2.75, 3.05) is 33.2 Å². The normalized spacial score (nSPS) is 13.1. The molecule has 1 aliphatic rings. The third-order valence-electron chi connectivity index (χ3n) is 17.1. The van der Waals surface area contributed by atoms with Crippen molar-refractivity contribution < 1.29 is 23.9 Å². The number of azo groups is 2. The molecule has 0 fully saturated rings. The number of ether oxygens (including phenoxy) is 2. The van der Waals surface area contributed by atoms with Crippen molar-refractivity contribution in [2.24, 2.45) is 20.5 Å². The Morgan fingerprint density at radius 3 is 1.84 bits per heavy atom. The van der Waals surface area contributed by atoms with Crippen molar-refractivity contribution in [3.05, 3.63) is 208 Å². The van der Waals surface area contributed by atoms with Crippen LogP contribution >= 0.6 is 23.2 Å². The molecule has 0 saturated heterocycles. The second kappa shape index (κ2) is 20.9. The van der Waals surface area contributed by atoms with Gasteiger partial charge in [-0.05, 0) is 107 Å². The molecule has 0 aliphatic heterocycles. The van der Waals surface area contributed by atoms with Crippen LogP contribution in [-0.2, 0) is 17.6 Å². The first kappa shape index (κ1) is 53.9. The van der Waals surface area contributed by atoms with E-state index in [1.807, 2.05) is 171 Å². The number of aromatic amines is 2. The summed E-state index contributed by atoms with van der Waals surface area (Å²) in [5, 5.41) is 29.3. The van der Waals surface area contributed by atoms with E-state index in [0.717, 1.165) is 106 Å². The van der Waals surface area contributed by atoms with Crippen LogP contribution in [0.4, 0.5) is 39.8 Å². The predicted octanol–water partition coefficient (Wildman–Crippen LogP) is 19.6. The molecule has 0 radical (unpaired) electrons. The maximum atomic E-state index is 15.0. The van der Waals surface area contributed by atoms with E-state index < -0.39 is 0 Å². The van der Waals surface area contributed by atoms with Crippen LogP contribution in [0.1, 0.15) is 51.3 Å². The molecule has 420 valence electrons. The van der Waals surface area contributed by atoms with Gasteiger partial charge in [-0.3, -0.25) is 9.59 Å². The number of aryl methyl sites for hydroxylation is 2. The van der Waals surface area contributed by atoms with Gasteiger partial charge >= 0.3 is 6.41 Å². The third kappa shape index (κ3) is 8.36. The Morgan fingerprint density at radius 2 is 1.17 bits per heavy atom. The topological polar surface area (TPSA) is 154 Å². The van der Waals surface area contributed by atoms with Gasteiger partial charge in [0.15, 0.2) is 17.2 Å². The standard InChI is InChI=1S/C71H52Cl2N8O5/c1-7-38-14-9-11-18-58(38)80(3)71(84)54-32-40-20-25-47-51-34-42(72)22-29-55(51)74-64(47)61(40)66(69(54)85-5)79-77-57-31-28-46-45-27-24-44(36-53(45)68(83)50-17-13-16-49(57)63(46)50)76-78-67-62-41(21-26-48-52-35-43(73)23-30-56(52)75-65(48)62)33-60(70(67)86-6)81(4,37-82)59-19-12-10-15-39(59)8-2/h9-37H,7-8H2,1-6H3,(H-,74,75,76,77,78,79,83,84)/p+1. The molecule has 1 unspecified atom stereocenters. The van der Waals surface area contributed by atoms with Crippen LogP contribution in [0.25, 0.3) is 87.1 Å². The number of ketones is 1.